The van der Waals surface area contributed by atoms with E-state index in [2.05, 4.69) is 47.1 Å². The molecule has 1 amide bonds. The third kappa shape index (κ3) is 5.40. The normalized spacial score (nSPS) is 14.8. The number of hydrogen-bond acceptors (Lipinski definition) is 5. The molecule has 1 aliphatic rings. The van der Waals surface area contributed by atoms with Crippen molar-refractivity contribution in [1.82, 2.24) is 15.1 Å². The summed E-state index contributed by atoms with van der Waals surface area (Å²) < 4.78 is 5.78. The Kier molecular flexibility index (Phi) is 7.05. The molecule has 2 heterocycles. The molecule has 2 aromatic carbocycles. The lowest BCUT2D eigenvalue weighted by molar-refractivity contribution is -0.138. The Bertz CT molecular complexity index is 1150. The molecule has 0 bridgehead atoms. The molecule has 6 nitrogen and oxygen atoms in total. The minimum atomic E-state index is -0.646. The maximum absolute atomic E-state index is 12.9. The minimum Gasteiger partial charge on any atom is -0.479 e. The SMILES string of the molecule is Cc1ccc(-c2ccc(N3CCN(C(=O)C(C)Oc4ccc(Cl)cc4Cl)CC3)nn2)cc1C. The summed E-state index contributed by atoms with van der Waals surface area (Å²) in [6.45, 7) is 8.45. The highest BCUT2D eigenvalue weighted by Crippen LogP contribution is 2.28. The molecule has 0 saturated carbocycles. The molecule has 3 aromatic rings. The van der Waals surface area contributed by atoms with E-state index in [0.717, 1.165) is 17.1 Å². The number of ether oxygens (including phenoxy) is 1. The van der Waals surface area contributed by atoms with Crippen molar-refractivity contribution in [3.63, 3.8) is 0 Å². The number of benzene rings is 2. The number of amides is 1. The van der Waals surface area contributed by atoms with Crippen LogP contribution in [0.5, 0.6) is 5.75 Å². The van der Waals surface area contributed by atoms with Crippen LogP contribution in [0.15, 0.2) is 48.5 Å². The second-order valence-corrected chi connectivity index (χ2v) is 9.07. The van der Waals surface area contributed by atoms with Crippen LogP contribution in [0.4, 0.5) is 5.82 Å². The first-order valence-corrected chi connectivity index (χ1v) is 11.6. The number of halogens is 2. The van der Waals surface area contributed by atoms with Gasteiger partial charge in [-0.15, -0.1) is 10.2 Å². The molecule has 1 unspecified atom stereocenters. The van der Waals surface area contributed by atoms with Crippen LogP contribution >= 0.6 is 23.2 Å². The van der Waals surface area contributed by atoms with Crippen LogP contribution in [0.1, 0.15) is 18.1 Å². The van der Waals surface area contributed by atoms with Gasteiger partial charge in [0.1, 0.15) is 5.75 Å². The van der Waals surface area contributed by atoms with Gasteiger partial charge in [-0.1, -0.05) is 35.3 Å². The van der Waals surface area contributed by atoms with Crippen molar-refractivity contribution < 1.29 is 9.53 Å². The number of aromatic nitrogens is 2. The first kappa shape index (κ1) is 23.3. The van der Waals surface area contributed by atoms with E-state index in [-0.39, 0.29) is 5.91 Å². The molecule has 4 rings (SSSR count). The molecule has 1 aromatic heterocycles. The molecule has 0 N–H and O–H groups in total. The largest absolute Gasteiger partial charge is 0.479 e. The number of hydrogen-bond donors (Lipinski definition) is 0. The maximum Gasteiger partial charge on any atom is 0.263 e. The summed E-state index contributed by atoms with van der Waals surface area (Å²) in [6, 6.07) is 15.2. The maximum atomic E-state index is 12.9. The Labute approximate surface area is 204 Å². The molecule has 1 fully saturated rings. The van der Waals surface area contributed by atoms with Crippen molar-refractivity contribution in [3.05, 3.63) is 69.7 Å². The topological polar surface area (TPSA) is 58.6 Å². The van der Waals surface area contributed by atoms with E-state index in [1.54, 1.807) is 25.1 Å². The predicted octanol–water partition coefficient (Wildman–Crippen LogP) is 5.18. The summed E-state index contributed by atoms with van der Waals surface area (Å²) in [5.74, 6) is 1.18. The Balaban J connectivity index is 1.34. The van der Waals surface area contributed by atoms with Crippen LogP contribution in [-0.4, -0.2) is 53.3 Å². The number of nitrogens with zero attached hydrogens (tertiary/aromatic N) is 4. The van der Waals surface area contributed by atoms with Crippen molar-refractivity contribution in [1.29, 1.82) is 0 Å². The van der Waals surface area contributed by atoms with Gasteiger partial charge in [-0.05, 0) is 68.3 Å². The van der Waals surface area contributed by atoms with Gasteiger partial charge < -0.3 is 14.5 Å². The third-order valence-corrected chi connectivity index (χ3v) is 6.44. The van der Waals surface area contributed by atoms with Gasteiger partial charge in [0, 0.05) is 36.8 Å². The molecule has 33 heavy (non-hydrogen) atoms. The quantitative estimate of drug-likeness (QED) is 0.498. The van der Waals surface area contributed by atoms with Crippen LogP contribution in [0.25, 0.3) is 11.3 Å². The van der Waals surface area contributed by atoms with Crippen molar-refractivity contribution in [2.45, 2.75) is 26.9 Å². The molecule has 0 spiro atoms. The zero-order valence-corrected chi connectivity index (χ0v) is 20.4. The highest BCUT2D eigenvalue weighted by atomic mass is 35.5. The number of rotatable bonds is 5. The molecule has 0 radical (unpaired) electrons. The van der Waals surface area contributed by atoms with Crippen LogP contribution in [0, 0.1) is 13.8 Å². The zero-order chi connectivity index (χ0) is 23.5. The fourth-order valence-corrected chi connectivity index (χ4v) is 4.23. The van der Waals surface area contributed by atoms with E-state index >= 15 is 0 Å². The summed E-state index contributed by atoms with van der Waals surface area (Å²) in [4.78, 5) is 16.8. The molecule has 172 valence electrons. The predicted molar refractivity (Wildman–Crippen MR) is 132 cm³/mol. The third-order valence-electron chi connectivity index (χ3n) is 5.91. The number of carbonyl (C=O) groups excluding carboxylic acids is 1. The lowest BCUT2D eigenvalue weighted by Gasteiger charge is -2.36. The van der Waals surface area contributed by atoms with Crippen molar-refractivity contribution in [2.75, 3.05) is 31.1 Å². The van der Waals surface area contributed by atoms with Gasteiger partial charge in [-0.2, -0.15) is 0 Å². The average molecular weight is 485 g/mol. The first-order valence-electron chi connectivity index (χ1n) is 10.9. The number of piperazine rings is 1. The van der Waals surface area contributed by atoms with E-state index in [1.165, 1.54) is 11.1 Å². The lowest BCUT2D eigenvalue weighted by atomic mass is 10.0. The van der Waals surface area contributed by atoms with Gasteiger partial charge in [0.05, 0.1) is 10.7 Å². The van der Waals surface area contributed by atoms with E-state index in [9.17, 15) is 4.79 Å². The van der Waals surface area contributed by atoms with Crippen molar-refractivity contribution in [3.8, 4) is 17.0 Å². The fraction of sp³-hybridized carbons (Fsp3) is 0.320. The summed E-state index contributed by atoms with van der Waals surface area (Å²) in [5, 5.41) is 9.76. The number of carbonyl (C=O) groups is 1. The second-order valence-electron chi connectivity index (χ2n) is 8.22. The van der Waals surface area contributed by atoms with Gasteiger partial charge in [0.15, 0.2) is 11.9 Å². The van der Waals surface area contributed by atoms with Crippen molar-refractivity contribution >= 4 is 34.9 Å². The fourth-order valence-electron chi connectivity index (χ4n) is 3.77. The lowest BCUT2D eigenvalue weighted by Crippen LogP contribution is -2.52. The average Bonchev–Trinajstić information content (AvgIpc) is 2.82. The molecular weight excluding hydrogens is 459 g/mol. The van der Waals surface area contributed by atoms with E-state index < -0.39 is 6.10 Å². The van der Waals surface area contributed by atoms with E-state index in [1.807, 2.05) is 17.0 Å². The smallest absolute Gasteiger partial charge is 0.263 e. The van der Waals surface area contributed by atoms with Gasteiger partial charge >= 0.3 is 0 Å². The van der Waals surface area contributed by atoms with Gasteiger partial charge in [0.2, 0.25) is 0 Å². The van der Waals surface area contributed by atoms with Crippen LogP contribution < -0.4 is 9.64 Å². The minimum absolute atomic E-state index is 0.0724. The summed E-state index contributed by atoms with van der Waals surface area (Å²) >= 11 is 12.1. The second kappa shape index (κ2) is 9.98. The summed E-state index contributed by atoms with van der Waals surface area (Å²) in [7, 11) is 0. The Morgan fingerprint density at radius 3 is 2.33 bits per heavy atom. The van der Waals surface area contributed by atoms with Crippen LogP contribution in [0.3, 0.4) is 0 Å². The first-order chi connectivity index (χ1) is 15.8. The number of anilines is 1. The Morgan fingerprint density at radius 2 is 1.70 bits per heavy atom. The Morgan fingerprint density at radius 1 is 0.939 bits per heavy atom. The highest BCUT2D eigenvalue weighted by Gasteiger charge is 2.27. The monoisotopic (exact) mass is 484 g/mol. The molecule has 1 saturated heterocycles. The standard InChI is InChI=1S/C25H26Cl2N4O2/c1-16-4-5-19(14-17(16)2)22-7-9-24(29-28-22)30-10-12-31(13-11-30)25(32)18(3)33-23-8-6-20(26)15-21(23)27/h4-9,14-15,18H,10-13H2,1-3H3. The van der Waals surface area contributed by atoms with E-state index in [4.69, 9.17) is 27.9 Å². The molecule has 1 aliphatic heterocycles. The van der Waals surface area contributed by atoms with E-state index in [0.29, 0.717) is 42.0 Å². The van der Waals surface area contributed by atoms with Gasteiger partial charge in [-0.25, -0.2) is 0 Å². The zero-order valence-electron chi connectivity index (χ0n) is 18.9. The highest BCUT2D eigenvalue weighted by molar-refractivity contribution is 6.35. The molecular formula is C25H26Cl2N4O2. The molecule has 1 atom stereocenters. The number of aryl methyl sites for hydroxylation is 2. The van der Waals surface area contributed by atoms with Gasteiger partial charge in [-0.3, -0.25) is 4.79 Å². The molecule has 0 aliphatic carbocycles. The summed E-state index contributed by atoms with van der Waals surface area (Å²) in [6.07, 6.45) is -0.646. The van der Waals surface area contributed by atoms with Crippen molar-refractivity contribution in [2.24, 2.45) is 0 Å². The van der Waals surface area contributed by atoms with Crippen LogP contribution in [-0.2, 0) is 4.79 Å². The van der Waals surface area contributed by atoms with Crippen LogP contribution in [0.2, 0.25) is 10.0 Å². The Hall–Kier alpha value is -2.83. The van der Waals surface area contributed by atoms with Gasteiger partial charge in [0.25, 0.3) is 5.91 Å². The molecule has 8 heteroatoms. The summed E-state index contributed by atoms with van der Waals surface area (Å²) in [5.41, 5.74) is 4.40.